The maximum absolute atomic E-state index is 13.3. The number of carbonyl (C=O) groups is 5. The lowest BCUT2D eigenvalue weighted by Crippen LogP contribution is -2.56. The van der Waals surface area contributed by atoms with Crippen LogP contribution in [0.15, 0.2) is 60.7 Å². The molecule has 0 aliphatic rings. The van der Waals surface area contributed by atoms with E-state index in [-0.39, 0.29) is 26.2 Å². The highest BCUT2D eigenvalue weighted by molar-refractivity contribution is 5.93. The van der Waals surface area contributed by atoms with Crippen LogP contribution in [-0.4, -0.2) is 60.3 Å². The van der Waals surface area contributed by atoms with Crippen molar-refractivity contribution in [3.8, 4) is 0 Å². The summed E-state index contributed by atoms with van der Waals surface area (Å²) in [5, 5.41) is 14.6. The molecule has 2 aromatic rings. The Morgan fingerprint density at radius 2 is 1.37 bits per heavy atom. The molecule has 204 valence electrons. The molecule has 3 atom stereocenters. The first-order chi connectivity index (χ1) is 18.2. The molecule has 0 radical (unpaired) electrons. The summed E-state index contributed by atoms with van der Waals surface area (Å²) < 4.78 is 15.0. The van der Waals surface area contributed by atoms with Crippen LogP contribution in [0, 0.1) is 5.92 Å². The maximum atomic E-state index is 13.3. The van der Waals surface area contributed by atoms with E-state index in [2.05, 4.69) is 10.6 Å². The van der Waals surface area contributed by atoms with E-state index in [0.717, 1.165) is 5.56 Å². The number of nitrogens with one attached hydrogen (secondary N) is 2. The van der Waals surface area contributed by atoms with Gasteiger partial charge in [0.15, 0.2) is 0 Å². The molecule has 11 nitrogen and oxygen atoms in total. The molecule has 0 aromatic heterocycles. The summed E-state index contributed by atoms with van der Waals surface area (Å²) in [7, 11) is 0. The number of carbonyl (C=O) groups excluding carboxylic acids is 4. The van der Waals surface area contributed by atoms with E-state index in [0.29, 0.717) is 5.56 Å². The number of carboxylic acid groups (broad SMARTS) is 1. The molecule has 0 aliphatic heterocycles. The highest BCUT2D eigenvalue weighted by Gasteiger charge is 2.39. The fourth-order valence-electron chi connectivity index (χ4n) is 3.54. The maximum Gasteiger partial charge on any atom is 0.408 e. The van der Waals surface area contributed by atoms with Crippen molar-refractivity contribution >= 4 is 29.9 Å². The number of ether oxygens (including phenoxy) is 3. The van der Waals surface area contributed by atoms with Gasteiger partial charge in [-0.05, 0) is 25.0 Å². The molecule has 2 aromatic carbocycles. The van der Waals surface area contributed by atoms with Crippen LogP contribution in [0.3, 0.4) is 0 Å². The first-order valence-corrected chi connectivity index (χ1v) is 12.1. The van der Waals surface area contributed by atoms with Gasteiger partial charge < -0.3 is 30.0 Å². The summed E-state index contributed by atoms with van der Waals surface area (Å²) in [6.07, 6.45) is -1.52. The molecule has 0 fully saturated rings. The molecule has 0 unspecified atom stereocenters. The van der Waals surface area contributed by atoms with Crippen molar-refractivity contribution in [2.24, 2.45) is 5.92 Å². The molecule has 11 heteroatoms. The lowest BCUT2D eigenvalue weighted by atomic mass is 9.95. The van der Waals surface area contributed by atoms with Crippen LogP contribution in [0.25, 0.3) is 0 Å². The van der Waals surface area contributed by atoms with E-state index in [1.165, 1.54) is 6.92 Å². The Morgan fingerprint density at radius 1 is 0.789 bits per heavy atom. The Hall–Kier alpha value is -4.41. The molecule has 0 saturated carbocycles. The van der Waals surface area contributed by atoms with Crippen LogP contribution in [0.5, 0.6) is 0 Å². The van der Waals surface area contributed by atoms with E-state index in [9.17, 15) is 29.1 Å². The number of benzene rings is 2. The number of aliphatic carboxylic acids is 1. The zero-order chi connectivity index (χ0) is 27.9. The topological polar surface area (TPSA) is 157 Å². The van der Waals surface area contributed by atoms with Crippen molar-refractivity contribution in [2.45, 2.75) is 45.4 Å². The summed E-state index contributed by atoms with van der Waals surface area (Å²) >= 11 is 0. The van der Waals surface area contributed by atoms with Gasteiger partial charge in [-0.3, -0.25) is 14.4 Å². The van der Waals surface area contributed by atoms with Crippen molar-refractivity contribution < 1.29 is 43.3 Å². The van der Waals surface area contributed by atoms with E-state index in [1.807, 2.05) is 6.07 Å². The quantitative estimate of drug-likeness (QED) is 0.247. The number of carboxylic acids is 1. The average molecular weight is 529 g/mol. The number of amides is 2. The zero-order valence-electron chi connectivity index (χ0n) is 21.3. The van der Waals surface area contributed by atoms with E-state index in [1.54, 1.807) is 61.5 Å². The molecule has 0 aliphatic carbocycles. The summed E-state index contributed by atoms with van der Waals surface area (Å²) in [6, 6.07) is 14.5. The second kappa shape index (κ2) is 15.6. The Balaban J connectivity index is 2.23. The third kappa shape index (κ3) is 9.92. The predicted octanol–water partition coefficient (Wildman–Crippen LogP) is 2.23. The molecule has 0 bridgehead atoms. The van der Waals surface area contributed by atoms with Crippen LogP contribution < -0.4 is 10.6 Å². The molecule has 0 spiro atoms. The van der Waals surface area contributed by atoms with E-state index >= 15 is 0 Å². The predicted molar refractivity (Wildman–Crippen MR) is 135 cm³/mol. The Labute approximate surface area is 220 Å². The minimum Gasteiger partial charge on any atom is -0.480 e. The third-order valence-corrected chi connectivity index (χ3v) is 5.35. The molecule has 2 amide bonds. The SMILES string of the molecule is CCOC(=O)C[C@H](C(=O)OCC)[C@H](NC(=O)[C@@H](Cc1ccccc1)NC(=O)OCc1ccccc1)C(=O)O. The molecular formula is C27H32N2O9. The molecule has 38 heavy (non-hydrogen) atoms. The standard InChI is InChI=1S/C27H32N2O9/c1-3-36-22(30)16-20(26(34)37-4-2)23(25(32)33)29-24(31)21(15-18-11-7-5-8-12-18)28-27(35)38-17-19-13-9-6-10-14-19/h5-14,20-21,23H,3-4,15-17H2,1-2H3,(H,28,35)(H,29,31)(H,32,33)/t20-,21+,23-/m0/s1. The van der Waals surface area contributed by atoms with Gasteiger partial charge in [0.25, 0.3) is 0 Å². The van der Waals surface area contributed by atoms with Crippen molar-refractivity contribution in [1.29, 1.82) is 0 Å². The molecule has 3 N–H and O–H groups in total. The van der Waals surface area contributed by atoms with Gasteiger partial charge >= 0.3 is 24.0 Å². The summed E-state index contributed by atoms with van der Waals surface area (Å²) in [5.74, 6) is -5.82. The van der Waals surface area contributed by atoms with Crippen molar-refractivity contribution in [3.05, 3.63) is 71.8 Å². The minimum atomic E-state index is -1.83. The van der Waals surface area contributed by atoms with Gasteiger partial charge in [0.05, 0.1) is 25.6 Å². The number of hydrogen-bond acceptors (Lipinski definition) is 8. The number of rotatable bonds is 14. The average Bonchev–Trinajstić information content (AvgIpc) is 2.90. The highest BCUT2D eigenvalue weighted by Crippen LogP contribution is 2.15. The molecule has 0 heterocycles. The van der Waals surface area contributed by atoms with Crippen LogP contribution in [-0.2, 0) is 46.4 Å². The van der Waals surface area contributed by atoms with Crippen LogP contribution in [0.2, 0.25) is 0 Å². The van der Waals surface area contributed by atoms with Crippen LogP contribution >= 0.6 is 0 Å². The fourth-order valence-corrected chi connectivity index (χ4v) is 3.54. The molecular weight excluding hydrogens is 496 g/mol. The lowest BCUT2D eigenvalue weighted by Gasteiger charge is -2.25. The Kier molecular flexibility index (Phi) is 12.3. The lowest BCUT2D eigenvalue weighted by molar-refractivity contribution is -0.160. The van der Waals surface area contributed by atoms with E-state index in [4.69, 9.17) is 14.2 Å². The van der Waals surface area contributed by atoms with Crippen molar-refractivity contribution in [2.75, 3.05) is 13.2 Å². The first-order valence-electron chi connectivity index (χ1n) is 12.1. The monoisotopic (exact) mass is 528 g/mol. The van der Waals surface area contributed by atoms with Gasteiger partial charge in [0.1, 0.15) is 18.7 Å². The second-order valence-corrected chi connectivity index (χ2v) is 8.14. The minimum absolute atomic E-state index is 0.00139. The third-order valence-electron chi connectivity index (χ3n) is 5.35. The largest absolute Gasteiger partial charge is 0.480 e. The van der Waals surface area contributed by atoms with Gasteiger partial charge in [-0.15, -0.1) is 0 Å². The summed E-state index contributed by atoms with van der Waals surface area (Å²) in [4.78, 5) is 62.5. The van der Waals surface area contributed by atoms with Crippen molar-refractivity contribution in [1.82, 2.24) is 10.6 Å². The highest BCUT2D eigenvalue weighted by atomic mass is 16.6. The fraction of sp³-hybridized carbons (Fsp3) is 0.370. The molecule has 0 saturated heterocycles. The van der Waals surface area contributed by atoms with Gasteiger partial charge in [0, 0.05) is 6.42 Å². The Morgan fingerprint density at radius 3 is 1.92 bits per heavy atom. The number of hydrogen-bond donors (Lipinski definition) is 3. The van der Waals surface area contributed by atoms with Crippen molar-refractivity contribution in [3.63, 3.8) is 0 Å². The number of esters is 2. The first kappa shape index (κ1) is 29.8. The molecule has 2 rings (SSSR count). The van der Waals surface area contributed by atoms with Crippen LogP contribution in [0.1, 0.15) is 31.4 Å². The number of alkyl carbamates (subject to hydrolysis) is 1. The van der Waals surface area contributed by atoms with Crippen LogP contribution in [0.4, 0.5) is 4.79 Å². The second-order valence-electron chi connectivity index (χ2n) is 8.14. The smallest absolute Gasteiger partial charge is 0.408 e. The van der Waals surface area contributed by atoms with Gasteiger partial charge in [0.2, 0.25) is 5.91 Å². The Bertz CT molecular complexity index is 1080. The van der Waals surface area contributed by atoms with Gasteiger partial charge in [-0.25, -0.2) is 9.59 Å². The zero-order valence-corrected chi connectivity index (χ0v) is 21.3. The normalized spacial score (nSPS) is 12.8. The van der Waals surface area contributed by atoms with Gasteiger partial charge in [-0.2, -0.15) is 0 Å². The summed E-state index contributed by atoms with van der Waals surface area (Å²) in [6.45, 7) is 2.99. The van der Waals surface area contributed by atoms with E-state index < -0.39 is 54.3 Å². The summed E-state index contributed by atoms with van der Waals surface area (Å²) in [5.41, 5.74) is 1.41. The van der Waals surface area contributed by atoms with Gasteiger partial charge in [-0.1, -0.05) is 60.7 Å².